The Kier molecular flexibility index (Phi) is 10.7. The van der Waals surface area contributed by atoms with Crippen LogP contribution in [0.1, 0.15) is 75.7 Å². The van der Waals surface area contributed by atoms with E-state index in [1.165, 1.54) is 7.11 Å². The zero-order valence-corrected chi connectivity index (χ0v) is 23.7. The molecular weight excluding hydrogens is 458 g/mol. The number of hydrogen-bond donors (Lipinski definition) is 1. The lowest BCUT2D eigenvalue weighted by molar-refractivity contribution is -0.128. The number of hydrogen-bond acceptors (Lipinski definition) is 5. The highest BCUT2D eigenvalue weighted by Gasteiger charge is 2.38. The van der Waals surface area contributed by atoms with Crippen LogP contribution >= 0.6 is 0 Å². The van der Waals surface area contributed by atoms with Gasteiger partial charge in [0.05, 0.1) is 24.8 Å². The van der Waals surface area contributed by atoms with E-state index in [1.54, 1.807) is 12.1 Å². The summed E-state index contributed by atoms with van der Waals surface area (Å²) < 4.78 is 11.1. The Balaban J connectivity index is 1.80. The number of benzene rings is 1. The van der Waals surface area contributed by atoms with Gasteiger partial charge in [-0.25, -0.2) is 4.79 Å². The highest BCUT2D eigenvalue weighted by atomic mass is 28.4. The van der Waals surface area contributed by atoms with Crippen molar-refractivity contribution in [1.82, 2.24) is 4.90 Å². The van der Waals surface area contributed by atoms with Crippen molar-refractivity contribution in [1.29, 1.82) is 0 Å². The van der Waals surface area contributed by atoms with Gasteiger partial charge in [-0.3, -0.25) is 4.79 Å². The monoisotopic (exact) mass is 503 g/mol. The molecular formula is C28H45NO5Si. The fourth-order valence-electron chi connectivity index (χ4n) is 4.13. The summed E-state index contributed by atoms with van der Waals surface area (Å²) in [4.78, 5) is 25.9. The van der Waals surface area contributed by atoms with Gasteiger partial charge in [0.25, 0.3) is 0 Å². The third-order valence-electron chi connectivity index (χ3n) is 7.36. The molecule has 0 bridgehead atoms. The van der Waals surface area contributed by atoms with Gasteiger partial charge >= 0.3 is 5.97 Å². The van der Waals surface area contributed by atoms with Crippen molar-refractivity contribution in [3.05, 3.63) is 47.5 Å². The Morgan fingerprint density at radius 3 is 2.49 bits per heavy atom. The molecule has 35 heavy (non-hydrogen) atoms. The molecule has 0 aromatic heterocycles. The van der Waals surface area contributed by atoms with Gasteiger partial charge < -0.3 is 19.2 Å². The van der Waals surface area contributed by atoms with Crippen LogP contribution in [0.15, 0.2) is 36.4 Å². The summed E-state index contributed by atoms with van der Waals surface area (Å²) in [6.45, 7) is 14.0. The summed E-state index contributed by atoms with van der Waals surface area (Å²) in [7, 11) is -0.403. The maximum Gasteiger partial charge on any atom is 0.337 e. The molecule has 0 radical (unpaired) electrons. The van der Waals surface area contributed by atoms with Crippen LogP contribution in [0, 0.1) is 0 Å². The Morgan fingerprint density at radius 1 is 1.23 bits per heavy atom. The summed E-state index contributed by atoms with van der Waals surface area (Å²) in [5, 5.41) is 10.7. The second kappa shape index (κ2) is 12.8. The first-order chi connectivity index (χ1) is 16.3. The van der Waals surface area contributed by atoms with Gasteiger partial charge in [-0.1, -0.05) is 45.1 Å². The normalized spacial score (nSPS) is 18.8. The number of esters is 1. The minimum atomic E-state index is -1.77. The van der Waals surface area contributed by atoms with Crippen molar-refractivity contribution in [2.75, 3.05) is 13.7 Å². The van der Waals surface area contributed by atoms with Crippen molar-refractivity contribution in [2.24, 2.45) is 0 Å². The van der Waals surface area contributed by atoms with Gasteiger partial charge in [0.15, 0.2) is 8.32 Å². The fraction of sp³-hybridized carbons (Fsp3) is 0.643. The lowest BCUT2D eigenvalue weighted by Crippen LogP contribution is -2.43. The molecule has 3 atom stereocenters. The molecule has 196 valence electrons. The van der Waals surface area contributed by atoms with Crippen molar-refractivity contribution >= 4 is 20.2 Å². The van der Waals surface area contributed by atoms with Crippen LogP contribution in [-0.2, 0) is 20.4 Å². The molecule has 1 aromatic rings. The maximum absolute atomic E-state index is 12.4. The van der Waals surface area contributed by atoms with Crippen LogP contribution in [0.25, 0.3) is 0 Å². The average molecular weight is 504 g/mol. The van der Waals surface area contributed by atoms with Crippen LogP contribution in [0.4, 0.5) is 0 Å². The molecule has 1 heterocycles. The molecule has 0 spiro atoms. The van der Waals surface area contributed by atoms with Crippen molar-refractivity contribution in [3.63, 3.8) is 0 Å². The van der Waals surface area contributed by atoms with Crippen LogP contribution in [0.5, 0.6) is 0 Å². The Morgan fingerprint density at radius 2 is 1.89 bits per heavy atom. The van der Waals surface area contributed by atoms with Gasteiger partial charge in [0, 0.05) is 19.1 Å². The van der Waals surface area contributed by atoms with Crippen LogP contribution in [0.2, 0.25) is 18.1 Å². The summed E-state index contributed by atoms with van der Waals surface area (Å²) in [5.74, 6) is -0.204. The van der Waals surface area contributed by atoms with E-state index in [4.69, 9.17) is 9.16 Å². The van der Waals surface area contributed by atoms with E-state index in [2.05, 4.69) is 40.8 Å². The second-order valence-corrected chi connectivity index (χ2v) is 16.0. The molecule has 0 aliphatic carbocycles. The van der Waals surface area contributed by atoms with Crippen molar-refractivity contribution in [2.45, 2.75) is 103 Å². The number of rotatable bonds is 12. The van der Waals surface area contributed by atoms with E-state index >= 15 is 0 Å². The number of nitrogens with zero attached hydrogens (tertiary/aromatic N) is 1. The molecule has 1 aliphatic heterocycles. The average Bonchev–Trinajstić information content (AvgIpc) is 3.14. The first-order valence-corrected chi connectivity index (χ1v) is 15.8. The summed E-state index contributed by atoms with van der Waals surface area (Å²) in [5.41, 5.74) is 1.58. The van der Waals surface area contributed by atoms with Crippen LogP contribution in [-0.4, -0.2) is 62.1 Å². The molecule has 1 aromatic carbocycles. The molecule has 2 rings (SSSR count). The van der Waals surface area contributed by atoms with Crippen LogP contribution < -0.4 is 0 Å². The smallest absolute Gasteiger partial charge is 0.337 e. The quantitative estimate of drug-likeness (QED) is 0.231. The number of carbonyl (C=O) groups excluding carboxylic acids is 2. The number of carbonyl (C=O) groups is 2. The molecule has 7 heteroatoms. The predicted octanol–water partition coefficient (Wildman–Crippen LogP) is 5.50. The molecule has 1 aliphatic rings. The maximum atomic E-state index is 12.4. The van der Waals surface area contributed by atoms with E-state index in [9.17, 15) is 14.7 Å². The van der Waals surface area contributed by atoms with E-state index in [1.807, 2.05) is 29.2 Å². The van der Waals surface area contributed by atoms with Gasteiger partial charge in [0.1, 0.15) is 0 Å². The summed E-state index contributed by atoms with van der Waals surface area (Å²) in [6, 6.07) is 7.32. The molecule has 1 saturated heterocycles. The van der Waals surface area contributed by atoms with Gasteiger partial charge in [-0.05, 0) is 74.9 Å². The van der Waals surface area contributed by atoms with Gasteiger partial charge in [-0.15, -0.1) is 0 Å². The SMILES string of the molecule is COC(=O)c1ccc(CCN2C(=O)CC[C@@H]2C=C[C@H](O)CCC[C@@H](C)O[Si](C)(C)C(C)(C)C)cc1. The zero-order valence-electron chi connectivity index (χ0n) is 22.7. The zero-order chi connectivity index (χ0) is 26.2. The van der Waals surface area contributed by atoms with Gasteiger partial charge in [0.2, 0.25) is 5.91 Å². The first-order valence-electron chi connectivity index (χ1n) is 12.8. The number of methoxy groups -OCH3 is 1. The minimum absolute atomic E-state index is 0.0207. The molecule has 6 nitrogen and oxygen atoms in total. The third-order valence-corrected chi connectivity index (χ3v) is 12.0. The Hall–Kier alpha value is -1.96. The van der Waals surface area contributed by atoms with Crippen molar-refractivity contribution in [3.8, 4) is 0 Å². The lowest BCUT2D eigenvalue weighted by Gasteiger charge is -2.38. The van der Waals surface area contributed by atoms with Crippen molar-refractivity contribution < 1.29 is 23.9 Å². The Labute approximate surface area is 212 Å². The standard InChI is InChI=1S/C28H45NO5Si/c1-21(34-35(6,7)28(2,3)4)9-8-10-25(30)17-15-24-16-18-26(31)29(24)20-19-22-11-13-23(14-12-22)27(32)33-5/h11-15,17,21,24-25,30H,8-10,16,18-20H2,1-7H3/t21-,24+,25-/m1/s1. The van der Waals surface area contributed by atoms with Crippen LogP contribution in [0.3, 0.4) is 0 Å². The largest absolute Gasteiger partial charge is 0.465 e. The van der Waals surface area contributed by atoms with E-state index in [0.29, 0.717) is 31.4 Å². The molecule has 0 saturated carbocycles. The van der Waals surface area contributed by atoms with E-state index < -0.39 is 14.4 Å². The van der Waals surface area contributed by atoms with E-state index in [-0.39, 0.29) is 29.1 Å². The molecule has 1 amide bonds. The third kappa shape index (κ3) is 8.88. The van der Waals surface area contributed by atoms with Gasteiger partial charge in [-0.2, -0.15) is 0 Å². The summed E-state index contributed by atoms with van der Waals surface area (Å²) >= 11 is 0. The number of aliphatic hydroxyl groups excluding tert-OH is 1. The Bertz CT molecular complexity index is 859. The number of amides is 1. The topological polar surface area (TPSA) is 76.1 Å². The first kappa shape index (κ1) is 29.3. The van der Waals surface area contributed by atoms with E-state index in [0.717, 1.165) is 24.8 Å². The minimum Gasteiger partial charge on any atom is -0.465 e. The number of ether oxygens (including phenoxy) is 1. The summed E-state index contributed by atoms with van der Waals surface area (Å²) in [6.07, 6.45) is 8.06. The predicted molar refractivity (Wildman–Crippen MR) is 143 cm³/mol. The number of likely N-dealkylation sites (tertiary alicyclic amines) is 1. The highest BCUT2D eigenvalue weighted by Crippen LogP contribution is 2.37. The molecule has 1 N–H and O–H groups in total. The fourth-order valence-corrected chi connectivity index (χ4v) is 5.60. The highest BCUT2D eigenvalue weighted by molar-refractivity contribution is 6.74. The second-order valence-electron chi connectivity index (χ2n) is 11.2. The molecule has 0 unspecified atom stereocenters. The lowest BCUT2D eigenvalue weighted by atomic mass is 10.1. The number of aliphatic hydroxyl groups is 1. The molecule has 1 fully saturated rings.